The molecule has 2 atom stereocenters. The molecule has 1 aromatic rings. The molecule has 0 saturated heterocycles. The SMILES string of the molecule is CCC1(O)CCCC1Nc1nc(SC)ncc1CO. The van der Waals surface area contributed by atoms with E-state index in [0.29, 0.717) is 16.5 Å². The van der Waals surface area contributed by atoms with Gasteiger partial charge in [-0.2, -0.15) is 0 Å². The maximum atomic E-state index is 10.5. The Morgan fingerprint density at radius 3 is 3.00 bits per heavy atom. The van der Waals surface area contributed by atoms with E-state index in [0.717, 1.165) is 25.7 Å². The molecule has 0 aliphatic heterocycles. The van der Waals surface area contributed by atoms with Crippen LogP contribution in [0.5, 0.6) is 0 Å². The van der Waals surface area contributed by atoms with Crippen LogP contribution in [0.15, 0.2) is 11.4 Å². The highest BCUT2D eigenvalue weighted by Crippen LogP contribution is 2.35. The van der Waals surface area contributed by atoms with E-state index in [1.165, 1.54) is 11.8 Å². The van der Waals surface area contributed by atoms with Crippen LogP contribution >= 0.6 is 11.8 Å². The highest BCUT2D eigenvalue weighted by atomic mass is 32.2. The van der Waals surface area contributed by atoms with Crippen molar-refractivity contribution in [3.05, 3.63) is 11.8 Å². The Balaban J connectivity index is 2.22. The number of aliphatic hydroxyl groups is 2. The maximum Gasteiger partial charge on any atom is 0.189 e. The van der Waals surface area contributed by atoms with Crippen LogP contribution in [0.3, 0.4) is 0 Å². The molecule has 0 aromatic carbocycles. The molecule has 2 unspecified atom stereocenters. The first kappa shape index (κ1) is 14.6. The second-order valence-corrected chi connectivity index (χ2v) is 5.71. The van der Waals surface area contributed by atoms with Crippen molar-refractivity contribution in [2.24, 2.45) is 0 Å². The van der Waals surface area contributed by atoms with Gasteiger partial charge in [0.15, 0.2) is 5.16 Å². The fourth-order valence-electron chi connectivity index (χ4n) is 2.58. The summed E-state index contributed by atoms with van der Waals surface area (Å²) in [5, 5.41) is 23.9. The van der Waals surface area contributed by atoms with Crippen LogP contribution in [0.4, 0.5) is 5.82 Å². The third kappa shape index (κ3) is 3.01. The Morgan fingerprint density at radius 1 is 1.58 bits per heavy atom. The normalized spacial score (nSPS) is 26.6. The lowest BCUT2D eigenvalue weighted by Crippen LogP contribution is -2.42. The fourth-order valence-corrected chi connectivity index (χ4v) is 2.92. The Hall–Kier alpha value is -0.850. The molecule has 0 amide bonds. The van der Waals surface area contributed by atoms with Gasteiger partial charge in [-0.1, -0.05) is 18.7 Å². The van der Waals surface area contributed by atoms with Crippen molar-refractivity contribution in [3.8, 4) is 0 Å². The van der Waals surface area contributed by atoms with Gasteiger partial charge in [0, 0.05) is 11.8 Å². The molecule has 1 heterocycles. The zero-order valence-corrected chi connectivity index (χ0v) is 12.2. The van der Waals surface area contributed by atoms with Gasteiger partial charge in [0.25, 0.3) is 0 Å². The smallest absolute Gasteiger partial charge is 0.189 e. The van der Waals surface area contributed by atoms with Gasteiger partial charge in [-0.15, -0.1) is 0 Å². The van der Waals surface area contributed by atoms with Gasteiger partial charge in [0.2, 0.25) is 0 Å². The summed E-state index contributed by atoms with van der Waals surface area (Å²) in [6, 6.07) is -0.00703. The minimum atomic E-state index is -0.669. The highest BCUT2D eigenvalue weighted by molar-refractivity contribution is 7.98. The molecule has 6 heteroatoms. The second-order valence-electron chi connectivity index (χ2n) is 4.93. The van der Waals surface area contributed by atoms with Crippen LogP contribution in [0.2, 0.25) is 0 Å². The number of nitrogens with one attached hydrogen (secondary N) is 1. The summed E-state index contributed by atoms with van der Waals surface area (Å²) >= 11 is 1.46. The number of anilines is 1. The van der Waals surface area contributed by atoms with E-state index in [2.05, 4.69) is 15.3 Å². The van der Waals surface area contributed by atoms with Gasteiger partial charge in [0.1, 0.15) is 5.82 Å². The lowest BCUT2D eigenvalue weighted by atomic mass is 9.94. The molecule has 1 aliphatic carbocycles. The summed E-state index contributed by atoms with van der Waals surface area (Å²) in [5.41, 5.74) is 0.000138. The topological polar surface area (TPSA) is 78.3 Å². The zero-order valence-electron chi connectivity index (χ0n) is 11.4. The van der Waals surface area contributed by atoms with E-state index < -0.39 is 5.60 Å². The minimum Gasteiger partial charge on any atom is -0.391 e. The number of rotatable bonds is 5. The molecule has 19 heavy (non-hydrogen) atoms. The number of aromatic nitrogens is 2. The largest absolute Gasteiger partial charge is 0.391 e. The van der Waals surface area contributed by atoms with E-state index in [9.17, 15) is 10.2 Å². The molecule has 0 bridgehead atoms. The molecule has 1 aromatic heterocycles. The summed E-state index contributed by atoms with van der Waals surface area (Å²) in [5.74, 6) is 0.639. The van der Waals surface area contributed by atoms with Crippen molar-refractivity contribution < 1.29 is 10.2 Å². The van der Waals surface area contributed by atoms with E-state index in [4.69, 9.17) is 0 Å². The van der Waals surface area contributed by atoms with Crippen molar-refractivity contribution >= 4 is 17.6 Å². The monoisotopic (exact) mass is 283 g/mol. The third-order valence-corrected chi connectivity index (χ3v) is 4.43. The summed E-state index contributed by atoms with van der Waals surface area (Å²) in [7, 11) is 0. The Kier molecular flexibility index (Phi) is 4.65. The minimum absolute atomic E-state index is 0.00703. The molecule has 1 saturated carbocycles. The van der Waals surface area contributed by atoms with Crippen LogP contribution in [0.1, 0.15) is 38.2 Å². The molecule has 5 nitrogen and oxygen atoms in total. The molecule has 1 fully saturated rings. The van der Waals surface area contributed by atoms with E-state index in [-0.39, 0.29) is 12.6 Å². The van der Waals surface area contributed by atoms with Crippen LogP contribution < -0.4 is 5.32 Å². The van der Waals surface area contributed by atoms with Gasteiger partial charge < -0.3 is 15.5 Å². The number of nitrogens with zero attached hydrogens (tertiary/aromatic N) is 2. The van der Waals surface area contributed by atoms with Crippen LogP contribution in [-0.2, 0) is 6.61 Å². The molecular formula is C13H21N3O2S. The molecular weight excluding hydrogens is 262 g/mol. The van der Waals surface area contributed by atoms with Gasteiger partial charge in [-0.05, 0) is 31.9 Å². The Morgan fingerprint density at radius 2 is 2.37 bits per heavy atom. The first-order valence-corrected chi connectivity index (χ1v) is 7.85. The lowest BCUT2D eigenvalue weighted by Gasteiger charge is -2.30. The molecule has 0 radical (unpaired) electrons. The van der Waals surface area contributed by atoms with E-state index in [1.54, 1.807) is 6.20 Å². The quantitative estimate of drug-likeness (QED) is 0.565. The van der Waals surface area contributed by atoms with Crippen LogP contribution in [-0.4, -0.2) is 38.1 Å². The number of aliphatic hydroxyl groups excluding tert-OH is 1. The van der Waals surface area contributed by atoms with Crippen LogP contribution in [0.25, 0.3) is 0 Å². The van der Waals surface area contributed by atoms with Gasteiger partial charge in [0.05, 0.1) is 18.2 Å². The molecule has 1 aliphatic rings. The summed E-state index contributed by atoms with van der Waals surface area (Å²) in [6.07, 6.45) is 7.03. The first-order chi connectivity index (χ1) is 9.12. The van der Waals surface area contributed by atoms with Gasteiger partial charge >= 0.3 is 0 Å². The third-order valence-electron chi connectivity index (χ3n) is 3.87. The van der Waals surface area contributed by atoms with Gasteiger partial charge in [-0.25, -0.2) is 9.97 Å². The van der Waals surface area contributed by atoms with Crippen molar-refractivity contribution in [2.75, 3.05) is 11.6 Å². The standard InChI is InChI=1S/C13H21N3O2S/c1-3-13(18)6-4-5-10(13)15-11-9(8-17)7-14-12(16-11)19-2/h7,10,17-18H,3-6,8H2,1-2H3,(H,14,15,16). The van der Waals surface area contributed by atoms with Crippen molar-refractivity contribution in [3.63, 3.8) is 0 Å². The van der Waals surface area contributed by atoms with Gasteiger partial charge in [-0.3, -0.25) is 0 Å². The zero-order chi connectivity index (χ0) is 13.9. The van der Waals surface area contributed by atoms with Crippen molar-refractivity contribution in [1.29, 1.82) is 0 Å². The average Bonchev–Trinajstić information content (AvgIpc) is 2.81. The van der Waals surface area contributed by atoms with Crippen molar-refractivity contribution in [1.82, 2.24) is 9.97 Å². The van der Waals surface area contributed by atoms with E-state index in [1.807, 2.05) is 13.2 Å². The molecule has 0 spiro atoms. The summed E-state index contributed by atoms with van der Waals surface area (Å²) in [4.78, 5) is 8.54. The second kappa shape index (κ2) is 6.07. The summed E-state index contributed by atoms with van der Waals surface area (Å²) < 4.78 is 0. The maximum absolute atomic E-state index is 10.5. The number of hydrogen-bond donors (Lipinski definition) is 3. The van der Waals surface area contributed by atoms with E-state index >= 15 is 0 Å². The Labute approximate surface area is 117 Å². The summed E-state index contributed by atoms with van der Waals surface area (Å²) in [6.45, 7) is 1.90. The predicted octanol–water partition coefficient (Wildman–Crippen LogP) is 1.80. The lowest BCUT2D eigenvalue weighted by molar-refractivity contribution is 0.0339. The Bertz CT molecular complexity index is 444. The highest BCUT2D eigenvalue weighted by Gasteiger charge is 2.39. The number of thioether (sulfide) groups is 1. The molecule has 106 valence electrons. The molecule has 2 rings (SSSR count). The number of hydrogen-bond acceptors (Lipinski definition) is 6. The first-order valence-electron chi connectivity index (χ1n) is 6.62. The van der Waals surface area contributed by atoms with Crippen molar-refractivity contribution in [2.45, 2.75) is 56.0 Å². The fraction of sp³-hybridized carbons (Fsp3) is 0.692. The predicted molar refractivity (Wildman–Crippen MR) is 76.2 cm³/mol. The van der Waals surface area contributed by atoms with Crippen LogP contribution in [0, 0.1) is 0 Å². The molecule has 3 N–H and O–H groups in total. The average molecular weight is 283 g/mol.